The Kier molecular flexibility index (Phi) is 3.28. The number of alkyl halides is 2. The van der Waals surface area contributed by atoms with Crippen LogP contribution in [0.1, 0.15) is 37.9 Å². The molecule has 1 saturated carbocycles. The summed E-state index contributed by atoms with van der Waals surface area (Å²) in [6, 6.07) is 1.77. The van der Waals surface area contributed by atoms with E-state index < -0.39 is 5.92 Å². The number of carbonyl (C=O) groups excluding carboxylic acids is 1. The molecular weight excluding hydrogens is 328 g/mol. The number of nitrogens with one attached hydrogen (secondary N) is 1. The summed E-state index contributed by atoms with van der Waals surface area (Å²) in [5.74, 6) is -2.46. The normalized spacial score (nSPS) is 17.5. The number of fused-ring (bicyclic) bond motifs is 2. The van der Waals surface area contributed by atoms with E-state index in [0.717, 1.165) is 37.2 Å². The van der Waals surface area contributed by atoms with E-state index in [0.29, 0.717) is 18.2 Å². The second kappa shape index (κ2) is 5.18. The van der Waals surface area contributed by atoms with Crippen molar-refractivity contribution in [1.82, 2.24) is 15.0 Å². The Morgan fingerprint density at radius 1 is 1.32 bits per heavy atom. The van der Waals surface area contributed by atoms with Gasteiger partial charge < -0.3 is 10.2 Å². The second-order valence-corrected chi connectivity index (χ2v) is 6.79. The third-order valence-corrected chi connectivity index (χ3v) is 4.71. The second-order valence-electron chi connectivity index (χ2n) is 6.79. The van der Waals surface area contributed by atoms with Crippen LogP contribution < -0.4 is 10.2 Å². The van der Waals surface area contributed by atoms with Crippen LogP contribution in [0.3, 0.4) is 0 Å². The lowest BCUT2D eigenvalue weighted by atomic mass is 10.0. The van der Waals surface area contributed by atoms with Crippen LogP contribution >= 0.6 is 0 Å². The lowest BCUT2D eigenvalue weighted by molar-refractivity contribution is -0.114. The van der Waals surface area contributed by atoms with Crippen molar-refractivity contribution in [1.29, 1.82) is 0 Å². The highest BCUT2D eigenvalue weighted by atomic mass is 19.3. The average Bonchev–Trinajstić information content (AvgIpc) is 3.24. The SMILES string of the molecule is CC(=O)Nc1cc2c(cn1)C1(CC1)CN2c1cncc(C(C)(F)F)n1. The molecule has 1 spiro atoms. The van der Waals surface area contributed by atoms with Crippen LogP contribution in [0.4, 0.5) is 26.1 Å². The maximum Gasteiger partial charge on any atom is 0.288 e. The number of rotatable bonds is 3. The van der Waals surface area contributed by atoms with E-state index >= 15 is 0 Å². The molecule has 130 valence electrons. The summed E-state index contributed by atoms with van der Waals surface area (Å²) in [5, 5.41) is 2.66. The summed E-state index contributed by atoms with van der Waals surface area (Å²) < 4.78 is 27.2. The molecule has 1 fully saturated rings. The highest BCUT2D eigenvalue weighted by molar-refractivity contribution is 5.89. The summed E-state index contributed by atoms with van der Waals surface area (Å²) in [4.78, 5) is 25.5. The van der Waals surface area contributed by atoms with Gasteiger partial charge in [0, 0.05) is 43.6 Å². The third kappa shape index (κ3) is 2.71. The maximum absolute atomic E-state index is 13.6. The van der Waals surface area contributed by atoms with Gasteiger partial charge in [-0.2, -0.15) is 8.78 Å². The van der Waals surface area contributed by atoms with E-state index in [1.165, 1.54) is 13.1 Å². The number of halogens is 2. The van der Waals surface area contributed by atoms with E-state index in [1.807, 2.05) is 4.90 Å². The Hall–Kier alpha value is -2.64. The van der Waals surface area contributed by atoms with Gasteiger partial charge in [-0.05, 0) is 12.8 Å². The van der Waals surface area contributed by atoms with Gasteiger partial charge in [-0.1, -0.05) is 0 Å². The van der Waals surface area contributed by atoms with Crippen molar-refractivity contribution in [3.05, 3.63) is 35.9 Å². The Morgan fingerprint density at radius 2 is 2.08 bits per heavy atom. The number of pyridine rings is 1. The molecule has 2 aromatic heterocycles. The van der Waals surface area contributed by atoms with Crippen LogP contribution in [0.2, 0.25) is 0 Å². The van der Waals surface area contributed by atoms with Crippen molar-refractivity contribution in [2.45, 2.75) is 38.0 Å². The van der Waals surface area contributed by atoms with Gasteiger partial charge in [0.05, 0.1) is 18.1 Å². The summed E-state index contributed by atoms with van der Waals surface area (Å²) in [5.41, 5.74) is 1.54. The number of aromatic nitrogens is 3. The van der Waals surface area contributed by atoms with Crippen molar-refractivity contribution >= 4 is 23.2 Å². The number of carbonyl (C=O) groups is 1. The zero-order valence-corrected chi connectivity index (χ0v) is 13.9. The van der Waals surface area contributed by atoms with Crippen molar-refractivity contribution in [2.75, 3.05) is 16.8 Å². The first kappa shape index (κ1) is 15.9. The highest BCUT2D eigenvalue weighted by Crippen LogP contribution is 2.57. The molecule has 0 bridgehead atoms. The summed E-state index contributed by atoms with van der Waals surface area (Å²) in [7, 11) is 0. The zero-order chi connectivity index (χ0) is 17.8. The molecule has 0 radical (unpaired) electrons. The van der Waals surface area contributed by atoms with Crippen LogP contribution in [-0.2, 0) is 16.1 Å². The molecule has 2 aliphatic rings. The van der Waals surface area contributed by atoms with Crippen LogP contribution in [0.25, 0.3) is 0 Å². The van der Waals surface area contributed by atoms with E-state index in [4.69, 9.17) is 0 Å². The summed E-state index contributed by atoms with van der Waals surface area (Å²) >= 11 is 0. The smallest absolute Gasteiger partial charge is 0.288 e. The van der Waals surface area contributed by atoms with Crippen molar-refractivity contribution in [2.24, 2.45) is 0 Å². The highest BCUT2D eigenvalue weighted by Gasteiger charge is 2.52. The standard InChI is InChI=1S/C17H17F2N5O/c1-10(25)22-14-5-12-11(6-21-14)17(3-4-17)9-24(12)15-8-20-7-13(23-15)16(2,18)19/h5-8H,3-4,9H2,1-2H3,(H,21,22,25). The molecule has 1 aliphatic carbocycles. The predicted molar refractivity (Wildman–Crippen MR) is 88.1 cm³/mol. The molecule has 0 unspecified atom stereocenters. The van der Waals surface area contributed by atoms with Gasteiger partial charge in [0.1, 0.15) is 11.5 Å². The molecule has 8 heteroatoms. The molecule has 2 aromatic rings. The van der Waals surface area contributed by atoms with Gasteiger partial charge in [-0.3, -0.25) is 9.78 Å². The molecule has 6 nitrogen and oxygen atoms in total. The minimum absolute atomic E-state index is 0.00348. The molecule has 0 aromatic carbocycles. The molecular formula is C17H17F2N5O. The van der Waals surface area contributed by atoms with Gasteiger partial charge in [-0.15, -0.1) is 0 Å². The summed E-state index contributed by atoms with van der Waals surface area (Å²) in [6.07, 6.45) is 6.38. The maximum atomic E-state index is 13.6. The quantitative estimate of drug-likeness (QED) is 0.925. The molecule has 4 rings (SSSR count). The minimum atomic E-state index is -3.05. The average molecular weight is 345 g/mol. The molecule has 0 atom stereocenters. The first-order chi connectivity index (χ1) is 11.8. The number of hydrogen-bond donors (Lipinski definition) is 1. The Bertz CT molecular complexity index is 860. The number of amides is 1. The van der Waals surface area contributed by atoms with Gasteiger partial charge in [0.15, 0.2) is 5.82 Å². The van der Waals surface area contributed by atoms with Gasteiger partial charge in [-0.25, -0.2) is 9.97 Å². The third-order valence-electron chi connectivity index (χ3n) is 4.71. The van der Waals surface area contributed by atoms with Gasteiger partial charge in [0.25, 0.3) is 5.92 Å². The van der Waals surface area contributed by atoms with Crippen LogP contribution in [0.15, 0.2) is 24.7 Å². The van der Waals surface area contributed by atoms with E-state index in [2.05, 4.69) is 20.3 Å². The fourth-order valence-corrected chi connectivity index (χ4v) is 3.28. The molecule has 1 aliphatic heterocycles. The largest absolute Gasteiger partial charge is 0.324 e. The predicted octanol–water partition coefficient (Wildman–Crippen LogP) is 3.13. The summed E-state index contributed by atoms with van der Waals surface area (Å²) in [6.45, 7) is 2.87. The van der Waals surface area contributed by atoms with Gasteiger partial charge >= 0.3 is 0 Å². The van der Waals surface area contributed by atoms with Gasteiger partial charge in [0.2, 0.25) is 5.91 Å². The fourth-order valence-electron chi connectivity index (χ4n) is 3.28. The van der Waals surface area contributed by atoms with Crippen LogP contribution in [0.5, 0.6) is 0 Å². The first-order valence-corrected chi connectivity index (χ1v) is 8.04. The Balaban J connectivity index is 1.77. The van der Waals surface area contributed by atoms with E-state index in [9.17, 15) is 13.6 Å². The van der Waals surface area contributed by atoms with Crippen molar-refractivity contribution in [3.8, 4) is 0 Å². The topological polar surface area (TPSA) is 71.0 Å². The van der Waals surface area contributed by atoms with Crippen molar-refractivity contribution < 1.29 is 13.6 Å². The zero-order valence-electron chi connectivity index (χ0n) is 13.9. The molecule has 25 heavy (non-hydrogen) atoms. The number of anilines is 3. The Morgan fingerprint density at radius 3 is 2.72 bits per heavy atom. The monoisotopic (exact) mass is 345 g/mol. The molecule has 1 N–H and O–H groups in total. The number of nitrogens with zero attached hydrogens (tertiary/aromatic N) is 4. The van der Waals surface area contributed by atoms with Crippen LogP contribution in [-0.4, -0.2) is 27.4 Å². The van der Waals surface area contributed by atoms with E-state index in [-0.39, 0.29) is 17.0 Å². The Labute approximate surface area is 143 Å². The molecule has 3 heterocycles. The van der Waals surface area contributed by atoms with Crippen molar-refractivity contribution in [3.63, 3.8) is 0 Å². The van der Waals surface area contributed by atoms with Crippen LogP contribution in [0, 0.1) is 0 Å². The van der Waals surface area contributed by atoms with E-state index in [1.54, 1.807) is 12.3 Å². The lowest BCUT2D eigenvalue weighted by Gasteiger charge is -2.20. The first-order valence-electron chi connectivity index (χ1n) is 8.04. The minimum Gasteiger partial charge on any atom is -0.324 e. The lowest BCUT2D eigenvalue weighted by Crippen LogP contribution is -2.22. The number of hydrogen-bond acceptors (Lipinski definition) is 5. The molecule has 1 amide bonds. The fraction of sp³-hybridized carbons (Fsp3) is 0.412. The molecule has 0 saturated heterocycles.